The number of aryl methyl sites for hydroxylation is 1. The SMILES string of the molecule is CC(C)(C[CH]C(=O)N(CCCc1ccccc1)C(=O)c1oc(-c2ccccc2)nc1-c1ccccc1)C(N)=O. The third-order valence-electron chi connectivity index (χ3n) is 6.54. The van der Waals surface area contributed by atoms with Gasteiger partial charge in [0.1, 0.15) is 5.69 Å². The van der Waals surface area contributed by atoms with Gasteiger partial charge >= 0.3 is 0 Å². The molecule has 2 N–H and O–H groups in total. The highest BCUT2D eigenvalue weighted by molar-refractivity contribution is 6.08. The predicted octanol–water partition coefficient (Wildman–Crippen LogP) is 5.72. The van der Waals surface area contributed by atoms with Crippen LogP contribution in [0.2, 0.25) is 0 Å². The summed E-state index contributed by atoms with van der Waals surface area (Å²) >= 11 is 0. The summed E-state index contributed by atoms with van der Waals surface area (Å²) in [5, 5.41) is 0. The fourth-order valence-corrected chi connectivity index (χ4v) is 4.03. The molecule has 0 spiro atoms. The van der Waals surface area contributed by atoms with Gasteiger partial charge in [-0.25, -0.2) is 4.98 Å². The van der Waals surface area contributed by atoms with Gasteiger partial charge in [0.15, 0.2) is 0 Å². The van der Waals surface area contributed by atoms with Gasteiger partial charge in [0, 0.05) is 23.1 Å². The highest BCUT2D eigenvalue weighted by Crippen LogP contribution is 2.30. The van der Waals surface area contributed by atoms with Crippen LogP contribution in [0.15, 0.2) is 95.4 Å². The maximum atomic E-state index is 14.0. The van der Waals surface area contributed by atoms with E-state index >= 15 is 0 Å². The van der Waals surface area contributed by atoms with E-state index in [1.54, 1.807) is 13.8 Å². The molecule has 39 heavy (non-hydrogen) atoms. The molecule has 0 bridgehead atoms. The minimum Gasteiger partial charge on any atom is -0.430 e. The summed E-state index contributed by atoms with van der Waals surface area (Å²) in [5.74, 6) is -1.36. The van der Waals surface area contributed by atoms with Crippen LogP contribution in [0.5, 0.6) is 0 Å². The molecule has 0 aliphatic rings. The topological polar surface area (TPSA) is 106 Å². The smallest absolute Gasteiger partial charge is 0.298 e. The molecule has 3 aromatic carbocycles. The quantitative estimate of drug-likeness (QED) is 0.271. The van der Waals surface area contributed by atoms with Crippen molar-refractivity contribution in [3.05, 3.63) is 109 Å². The standard InChI is InChI=1S/C32H32N3O4/c1-32(2,31(33)38)21-20-26(36)35(22-12-15-23-13-6-3-7-14-23)30(37)28-27(24-16-8-4-9-17-24)34-29(39-28)25-18-10-5-11-19-25/h3-11,13-14,16-20H,12,15,21-22H2,1-2H3,(H2,33,38). The summed E-state index contributed by atoms with van der Waals surface area (Å²) in [5.41, 5.74) is 7.43. The van der Waals surface area contributed by atoms with Crippen molar-refractivity contribution in [3.8, 4) is 22.7 Å². The second-order valence-corrected chi connectivity index (χ2v) is 9.97. The van der Waals surface area contributed by atoms with Crippen LogP contribution >= 0.6 is 0 Å². The molecule has 0 aliphatic carbocycles. The largest absolute Gasteiger partial charge is 0.430 e. The van der Waals surface area contributed by atoms with E-state index in [9.17, 15) is 14.4 Å². The number of amides is 3. The van der Waals surface area contributed by atoms with E-state index in [0.29, 0.717) is 29.7 Å². The highest BCUT2D eigenvalue weighted by Gasteiger charge is 2.32. The number of imide groups is 1. The number of nitrogens with zero attached hydrogens (tertiary/aromatic N) is 2. The van der Waals surface area contributed by atoms with Crippen LogP contribution in [-0.4, -0.2) is 34.2 Å². The number of carbonyl (C=O) groups is 3. The zero-order valence-electron chi connectivity index (χ0n) is 22.2. The number of carbonyl (C=O) groups excluding carboxylic acids is 3. The number of primary amides is 1. The van der Waals surface area contributed by atoms with Crippen LogP contribution in [-0.2, 0) is 16.0 Å². The number of nitrogens with two attached hydrogens (primary N) is 1. The maximum Gasteiger partial charge on any atom is 0.298 e. The van der Waals surface area contributed by atoms with Gasteiger partial charge in [-0.15, -0.1) is 0 Å². The van der Waals surface area contributed by atoms with Crippen molar-refractivity contribution in [3.63, 3.8) is 0 Å². The monoisotopic (exact) mass is 522 g/mol. The number of benzene rings is 3. The normalized spacial score (nSPS) is 11.2. The zero-order valence-corrected chi connectivity index (χ0v) is 22.2. The Morgan fingerprint density at radius 3 is 2.03 bits per heavy atom. The summed E-state index contributed by atoms with van der Waals surface area (Å²) in [6.45, 7) is 3.49. The van der Waals surface area contributed by atoms with Crippen LogP contribution in [0.3, 0.4) is 0 Å². The van der Waals surface area contributed by atoms with Crippen molar-refractivity contribution < 1.29 is 18.8 Å². The van der Waals surface area contributed by atoms with E-state index in [2.05, 4.69) is 4.98 Å². The fraction of sp³-hybridized carbons (Fsp3) is 0.219. The number of hydrogen-bond acceptors (Lipinski definition) is 5. The van der Waals surface area contributed by atoms with Crippen LogP contribution in [0, 0.1) is 11.8 Å². The first-order valence-corrected chi connectivity index (χ1v) is 12.9. The summed E-state index contributed by atoms with van der Waals surface area (Å²) in [6.07, 6.45) is 2.68. The van der Waals surface area contributed by atoms with Crippen molar-refractivity contribution >= 4 is 17.7 Å². The molecule has 0 saturated heterocycles. The molecular weight excluding hydrogens is 490 g/mol. The lowest BCUT2D eigenvalue weighted by Crippen LogP contribution is -2.40. The van der Waals surface area contributed by atoms with Gasteiger partial charge in [-0.2, -0.15) is 0 Å². The summed E-state index contributed by atoms with van der Waals surface area (Å²) in [7, 11) is 0. The molecule has 4 aromatic rings. The lowest BCUT2D eigenvalue weighted by Gasteiger charge is -2.23. The van der Waals surface area contributed by atoms with E-state index in [4.69, 9.17) is 10.2 Å². The molecule has 1 heterocycles. The Labute approximate surface area is 228 Å². The Morgan fingerprint density at radius 1 is 0.872 bits per heavy atom. The second kappa shape index (κ2) is 12.3. The van der Waals surface area contributed by atoms with Crippen LogP contribution in [0.4, 0.5) is 0 Å². The first-order chi connectivity index (χ1) is 18.8. The van der Waals surface area contributed by atoms with E-state index < -0.39 is 23.1 Å². The van der Waals surface area contributed by atoms with Gasteiger partial charge < -0.3 is 10.2 Å². The van der Waals surface area contributed by atoms with E-state index in [1.165, 1.54) is 11.3 Å². The van der Waals surface area contributed by atoms with Crippen molar-refractivity contribution in [1.82, 2.24) is 9.88 Å². The number of aromatic nitrogens is 1. The third-order valence-corrected chi connectivity index (χ3v) is 6.54. The van der Waals surface area contributed by atoms with Crippen molar-refractivity contribution in [2.24, 2.45) is 11.1 Å². The van der Waals surface area contributed by atoms with E-state index in [-0.39, 0.29) is 24.6 Å². The van der Waals surface area contributed by atoms with E-state index in [0.717, 1.165) is 5.56 Å². The lowest BCUT2D eigenvalue weighted by atomic mass is 9.87. The lowest BCUT2D eigenvalue weighted by molar-refractivity contribution is -0.127. The molecule has 199 valence electrons. The molecule has 7 nitrogen and oxygen atoms in total. The Balaban J connectivity index is 1.66. The Bertz CT molecular complexity index is 1410. The van der Waals surface area contributed by atoms with Gasteiger partial charge in [0.25, 0.3) is 5.91 Å². The molecule has 0 aliphatic heterocycles. The number of oxazole rings is 1. The third kappa shape index (κ3) is 6.87. The predicted molar refractivity (Wildman–Crippen MR) is 150 cm³/mol. The molecule has 0 unspecified atom stereocenters. The fourth-order valence-electron chi connectivity index (χ4n) is 4.03. The van der Waals surface area contributed by atoms with Gasteiger partial charge in [-0.1, -0.05) is 92.7 Å². The Hall–Kier alpha value is -4.52. The van der Waals surface area contributed by atoms with Crippen LogP contribution in [0.1, 0.15) is 42.8 Å². The molecule has 0 atom stereocenters. The van der Waals surface area contributed by atoms with Crippen LogP contribution < -0.4 is 5.73 Å². The minimum atomic E-state index is -0.934. The highest BCUT2D eigenvalue weighted by atomic mass is 16.4. The van der Waals surface area contributed by atoms with Gasteiger partial charge in [-0.05, 0) is 37.0 Å². The summed E-state index contributed by atoms with van der Waals surface area (Å²) in [4.78, 5) is 45.1. The van der Waals surface area contributed by atoms with Gasteiger partial charge in [0.2, 0.25) is 23.5 Å². The average Bonchev–Trinajstić information content (AvgIpc) is 3.41. The van der Waals surface area contributed by atoms with Gasteiger partial charge in [0.05, 0.1) is 6.42 Å². The van der Waals surface area contributed by atoms with E-state index in [1.807, 2.05) is 91.0 Å². The molecule has 4 rings (SSSR count). The zero-order chi connectivity index (χ0) is 27.8. The average molecular weight is 523 g/mol. The van der Waals surface area contributed by atoms with Crippen molar-refractivity contribution in [1.29, 1.82) is 0 Å². The van der Waals surface area contributed by atoms with Crippen molar-refractivity contribution in [2.75, 3.05) is 6.54 Å². The number of hydrogen-bond donors (Lipinski definition) is 1. The minimum absolute atomic E-state index is 0.0179. The summed E-state index contributed by atoms with van der Waals surface area (Å²) in [6, 6.07) is 28.4. The first-order valence-electron chi connectivity index (χ1n) is 12.9. The Kier molecular flexibility index (Phi) is 8.71. The first kappa shape index (κ1) is 27.5. The molecule has 1 aromatic heterocycles. The summed E-state index contributed by atoms with van der Waals surface area (Å²) < 4.78 is 6.05. The molecular formula is C32H32N3O4. The molecule has 7 heteroatoms. The maximum absolute atomic E-state index is 14.0. The molecule has 1 radical (unpaired) electrons. The van der Waals surface area contributed by atoms with Crippen molar-refractivity contribution in [2.45, 2.75) is 33.1 Å². The Morgan fingerprint density at radius 2 is 1.44 bits per heavy atom. The number of rotatable bonds is 11. The molecule has 0 saturated carbocycles. The second-order valence-electron chi connectivity index (χ2n) is 9.97. The molecule has 0 fully saturated rings. The molecule has 3 amide bonds. The van der Waals surface area contributed by atoms with Crippen LogP contribution in [0.25, 0.3) is 22.7 Å². The van der Waals surface area contributed by atoms with Gasteiger partial charge in [-0.3, -0.25) is 19.3 Å².